The van der Waals surface area contributed by atoms with Crippen LogP contribution < -0.4 is 4.90 Å². The molecule has 0 N–H and O–H groups in total. The van der Waals surface area contributed by atoms with Gasteiger partial charge in [0.1, 0.15) is 11.3 Å². The molecule has 2 aliphatic rings. The fraction of sp³-hybridized carbons (Fsp3) is 0.588. The molecule has 2 aromatic heterocycles. The second-order valence-electron chi connectivity index (χ2n) is 6.43. The van der Waals surface area contributed by atoms with Crippen molar-refractivity contribution in [3.63, 3.8) is 0 Å². The fourth-order valence-electron chi connectivity index (χ4n) is 3.71. The zero-order chi connectivity index (χ0) is 15.6. The summed E-state index contributed by atoms with van der Waals surface area (Å²) in [6, 6.07) is 4.76. The lowest BCUT2D eigenvalue weighted by Gasteiger charge is -2.37. The van der Waals surface area contributed by atoms with Crippen LogP contribution in [0.25, 0.3) is 11.2 Å². The van der Waals surface area contributed by atoms with Gasteiger partial charge in [0.05, 0.1) is 0 Å². The van der Waals surface area contributed by atoms with Crippen molar-refractivity contribution in [2.45, 2.75) is 19.4 Å². The number of piperazine rings is 1. The summed E-state index contributed by atoms with van der Waals surface area (Å²) in [4.78, 5) is 20.9. The SMILES string of the molecule is CCN1CCN(C2CCN(c3ccc4nccnc4n3)C2)CC1. The highest BCUT2D eigenvalue weighted by Gasteiger charge is 2.30. The molecule has 0 aromatic carbocycles. The number of aromatic nitrogens is 3. The van der Waals surface area contributed by atoms with E-state index in [4.69, 9.17) is 0 Å². The van der Waals surface area contributed by atoms with Crippen LogP contribution in [0.5, 0.6) is 0 Å². The number of fused-ring (bicyclic) bond motifs is 1. The van der Waals surface area contributed by atoms with Gasteiger partial charge in [0.2, 0.25) is 0 Å². The van der Waals surface area contributed by atoms with Crippen molar-refractivity contribution in [3.05, 3.63) is 24.5 Å². The first-order chi connectivity index (χ1) is 11.3. The Bertz CT molecular complexity index is 667. The summed E-state index contributed by atoms with van der Waals surface area (Å²) in [5.74, 6) is 1.03. The zero-order valence-electron chi connectivity index (χ0n) is 13.7. The lowest BCUT2D eigenvalue weighted by atomic mass is 10.2. The summed E-state index contributed by atoms with van der Waals surface area (Å²) in [6.45, 7) is 10.4. The van der Waals surface area contributed by atoms with Crippen molar-refractivity contribution in [3.8, 4) is 0 Å². The minimum atomic E-state index is 0.661. The number of hydrogen-bond donors (Lipinski definition) is 0. The first-order valence-electron chi connectivity index (χ1n) is 8.62. The molecule has 122 valence electrons. The molecule has 4 rings (SSSR count). The predicted molar refractivity (Wildman–Crippen MR) is 91.6 cm³/mol. The highest BCUT2D eigenvalue weighted by atomic mass is 15.3. The molecule has 1 unspecified atom stereocenters. The normalized spacial score (nSPS) is 23.7. The summed E-state index contributed by atoms with van der Waals surface area (Å²) in [5, 5.41) is 0. The van der Waals surface area contributed by atoms with Gasteiger partial charge in [-0.05, 0) is 25.1 Å². The quantitative estimate of drug-likeness (QED) is 0.850. The Kier molecular flexibility index (Phi) is 4.10. The first-order valence-corrected chi connectivity index (χ1v) is 8.62. The highest BCUT2D eigenvalue weighted by Crippen LogP contribution is 2.23. The predicted octanol–water partition coefficient (Wildman–Crippen LogP) is 1.24. The molecule has 0 aliphatic carbocycles. The van der Waals surface area contributed by atoms with Gasteiger partial charge in [0, 0.05) is 57.7 Å². The first kappa shape index (κ1) is 14.8. The smallest absolute Gasteiger partial charge is 0.180 e. The van der Waals surface area contributed by atoms with Gasteiger partial charge < -0.3 is 9.80 Å². The van der Waals surface area contributed by atoms with Gasteiger partial charge in [-0.3, -0.25) is 9.88 Å². The number of hydrogen-bond acceptors (Lipinski definition) is 6. The Hall–Kier alpha value is -1.79. The molecule has 0 bridgehead atoms. The monoisotopic (exact) mass is 312 g/mol. The topological polar surface area (TPSA) is 48.4 Å². The summed E-state index contributed by atoms with van der Waals surface area (Å²) in [7, 11) is 0. The van der Waals surface area contributed by atoms with E-state index in [2.05, 4.69) is 42.6 Å². The van der Waals surface area contributed by atoms with Crippen molar-refractivity contribution < 1.29 is 0 Å². The third-order valence-corrected chi connectivity index (χ3v) is 5.17. The van der Waals surface area contributed by atoms with Crippen LogP contribution in [0.15, 0.2) is 24.5 Å². The van der Waals surface area contributed by atoms with Gasteiger partial charge in [0.15, 0.2) is 5.65 Å². The van der Waals surface area contributed by atoms with E-state index in [1.807, 2.05) is 6.07 Å². The number of pyridine rings is 1. The van der Waals surface area contributed by atoms with Crippen LogP contribution in [0.4, 0.5) is 5.82 Å². The highest BCUT2D eigenvalue weighted by molar-refractivity contribution is 5.71. The maximum atomic E-state index is 4.69. The van der Waals surface area contributed by atoms with Gasteiger partial charge in [-0.25, -0.2) is 9.97 Å². The molecule has 0 spiro atoms. The van der Waals surface area contributed by atoms with Crippen LogP contribution in [0.3, 0.4) is 0 Å². The molecule has 2 fully saturated rings. The Morgan fingerprint density at radius 1 is 1.04 bits per heavy atom. The Labute approximate surface area is 137 Å². The molecule has 2 aromatic rings. The third kappa shape index (κ3) is 3.01. The maximum Gasteiger partial charge on any atom is 0.180 e. The lowest BCUT2D eigenvalue weighted by Crippen LogP contribution is -2.50. The zero-order valence-corrected chi connectivity index (χ0v) is 13.7. The van der Waals surface area contributed by atoms with Crippen LogP contribution in [-0.4, -0.2) is 76.6 Å². The minimum absolute atomic E-state index is 0.661. The second-order valence-corrected chi connectivity index (χ2v) is 6.43. The van der Waals surface area contributed by atoms with E-state index in [0.29, 0.717) is 6.04 Å². The van der Waals surface area contributed by atoms with Crippen LogP contribution >= 0.6 is 0 Å². The molecule has 1 atom stereocenters. The molecule has 0 saturated carbocycles. The van der Waals surface area contributed by atoms with Gasteiger partial charge in [0.25, 0.3) is 0 Å². The second kappa shape index (κ2) is 6.37. The van der Waals surface area contributed by atoms with Gasteiger partial charge in [-0.2, -0.15) is 0 Å². The van der Waals surface area contributed by atoms with Crippen molar-refractivity contribution in [2.24, 2.45) is 0 Å². The third-order valence-electron chi connectivity index (χ3n) is 5.17. The average Bonchev–Trinajstić information content (AvgIpc) is 3.11. The molecule has 0 amide bonds. The number of rotatable bonds is 3. The molecular weight excluding hydrogens is 288 g/mol. The van der Waals surface area contributed by atoms with Gasteiger partial charge >= 0.3 is 0 Å². The van der Waals surface area contributed by atoms with E-state index >= 15 is 0 Å². The van der Waals surface area contributed by atoms with Crippen molar-refractivity contribution in [1.29, 1.82) is 0 Å². The molecule has 6 heteroatoms. The maximum absolute atomic E-state index is 4.69. The molecule has 4 heterocycles. The minimum Gasteiger partial charge on any atom is -0.355 e. The molecule has 2 saturated heterocycles. The van der Waals surface area contributed by atoms with Crippen LogP contribution in [0, 0.1) is 0 Å². The van der Waals surface area contributed by atoms with Crippen molar-refractivity contribution in [1.82, 2.24) is 24.8 Å². The largest absolute Gasteiger partial charge is 0.355 e. The van der Waals surface area contributed by atoms with Crippen LogP contribution in [0.1, 0.15) is 13.3 Å². The summed E-state index contributed by atoms with van der Waals surface area (Å²) in [6.07, 6.45) is 4.65. The average molecular weight is 312 g/mol. The van der Waals surface area contributed by atoms with E-state index in [0.717, 1.165) is 30.1 Å². The molecule has 0 radical (unpaired) electrons. The summed E-state index contributed by atoms with van der Waals surface area (Å²) >= 11 is 0. The van der Waals surface area contributed by atoms with Gasteiger partial charge in [-0.1, -0.05) is 6.92 Å². The van der Waals surface area contributed by atoms with Crippen LogP contribution in [-0.2, 0) is 0 Å². The summed E-state index contributed by atoms with van der Waals surface area (Å²) < 4.78 is 0. The number of anilines is 1. The Balaban J connectivity index is 1.43. The van der Waals surface area contributed by atoms with E-state index in [1.54, 1.807) is 12.4 Å². The van der Waals surface area contributed by atoms with Crippen molar-refractivity contribution in [2.75, 3.05) is 50.7 Å². The standard InChI is InChI=1S/C17H24N6/c1-2-21-9-11-22(12-10-21)14-5-8-23(13-14)16-4-3-15-17(20-16)19-7-6-18-15/h3-4,6-7,14H,2,5,8-13H2,1H3. The van der Waals surface area contributed by atoms with Gasteiger partial charge in [-0.15, -0.1) is 0 Å². The molecule has 6 nitrogen and oxygen atoms in total. The fourth-order valence-corrected chi connectivity index (χ4v) is 3.71. The Morgan fingerprint density at radius 2 is 1.87 bits per heavy atom. The van der Waals surface area contributed by atoms with E-state index in [-0.39, 0.29) is 0 Å². The van der Waals surface area contributed by atoms with E-state index in [1.165, 1.54) is 39.1 Å². The molecular formula is C17H24N6. The summed E-state index contributed by atoms with van der Waals surface area (Å²) in [5.41, 5.74) is 1.60. The Morgan fingerprint density at radius 3 is 2.70 bits per heavy atom. The van der Waals surface area contributed by atoms with Crippen LogP contribution in [0.2, 0.25) is 0 Å². The molecule has 23 heavy (non-hydrogen) atoms. The lowest BCUT2D eigenvalue weighted by molar-refractivity contribution is 0.107. The van der Waals surface area contributed by atoms with E-state index in [9.17, 15) is 0 Å². The number of nitrogens with zero attached hydrogens (tertiary/aromatic N) is 6. The molecule has 2 aliphatic heterocycles. The van der Waals surface area contributed by atoms with Crippen molar-refractivity contribution >= 4 is 17.0 Å². The number of likely N-dealkylation sites (N-methyl/N-ethyl adjacent to an activating group) is 1. The van der Waals surface area contributed by atoms with E-state index < -0.39 is 0 Å².